The molecule has 0 aromatic heterocycles. The smallest absolute Gasteiger partial charge is 0.350 e. The highest BCUT2D eigenvalue weighted by Gasteiger charge is 2.16. The topological polar surface area (TPSA) is 71.4 Å². The Morgan fingerprint density at radius 3 is 2.28 bits per heavy atom. The van der Waals surface area contributed by atoms with Crippen molar-refractivity contribution in [1.82, 2.24) is 5.32 Å². The van der Waals surface area contributed by atoms with E-state index < -0.39 is 5.97 Å². The van der Waals surface area contributed by atoms with Crippen LogP contribution in [-0.4, -0.2) is 32.3 Å². The number of esters is 1. The quantitative estimate of drug-likeness (QED) is 0.192. The summed E-state index contributed by atoms with van der Waals surface area (Å²) in [7, 11) is 0. The lowest BCUT2D eigenvalue weighted by molar-refractivity contribution is -0.140. The van der Waals surface area contributed by atoms with Crippen LogP contribution in [0.5, 0.6) is 0 Å². The molecule has 0 rings (SSSR count). The summed E-state index contributed by atoms with van der Waals surface area (Å²) >= 11 is 0. The lowest BCUT2D eigenvalue weighted by Gasteiger charge is -2.13. The number of rotatable bonds is 16. The zero-order valence-corrected chi connectivity index (χ0v) is 16.4. The summed E-state index contributed by atoms with van der Waals surface area (Å²) in [5.74, 6) is -0.552. The molecule has 0 aromatic carbocycles. The molecule has 0 aliphatic rings. The fraction of sp³-hybridized carbons (Fsp3) is 0.800. The van der Waals surface area contributed by atoms with E-state index in [0.717, 1.165) is 31.5 Å². The Morgan fingerprint density at radius 1 is 0.960 bits per heavy atom. The van der Waals surface area contributed by atoms with Crippen LogP contribution in [-0.2, 0) is 14.3 Å². The monoisotopic (exact) mass is 352 g/mol. The number of ether oxygens (including phenoxy) is 2. The van der Waals surface area contributed by atoms with Gasteiger partial charge in [0.15, 0.2) is 5.57 Å². The summed E-state index contributed by atoms with van der Waals surface area (Å²) in [6.45, 7) is 8.11. The third-order valence-electron chi connectivity index (χ3n) is 3.93. The highest BCUT2D eigenvalue weighted by Crippen LogP contribution is 2.12. The van der Waals surface area contributed by atoms with Crippen LogP contribution in [0.4, 0.5) is 0 Å². The molecule has 5 heteroatoms. The summed E-state index contributed by atoms with van der Waals surface area (Å²) in [5.41, 5.74) is 0.829. The Labute approximate surface area is 153 Å². The molecule has 0 heterocycles. The summed E-state index contributed by atoms with van der Waals surface area (Å²) in [5, 5.41) is 12.7. The molecule has 5 nitrogen and oxygen atoms in total. The van der Waals surface area contributed by atoms with E-state index in [2.05, 4.69) is 19.2 Å². The van der Waals surface area contributed by atoms with Crippen molar-refractivity contribution in [3.05, 3.63) is 11.3 Å². The molecule has 0 saturated carbocycles. The normalized spacial score (nSPS) is 11.6. The van der Waals surface area contributed by atoms with Crippen LogP contribution in [0.1, 0.15) is 78.6 Å². The van der Waals surface area contributed by atoms with Crippen LogP contribution in [0.3, 0.4) is 0 Å². The Bertz CT molecular complexity index is 414. The van der Waals surface area contributed by atoms with E-state index in [1.165, 1.54) is 32.1 Å². The van der Waals surface area contributed by atoms with E-state index in [1.54, 1.807) is 0 Å². The van der Waals surface area contributed by atoms with E-state index in [1.807, 2.05) is 13.0 Å². The number of carbonyl (C=O) groups excluding carboxylic acids is 1. The van der Waals surface area contributed by atoms with Gasteiger partial charge in [-0.3, -0.25) is 0 Å². The molecule has 0 aliphatic carbocycles. The number of unbranched alkanes of at least 4 members (excludes halogenated alkanes) is 6. The zero-order valence-electron chi connectivity index (χ0n) is 16.4. The van der Waals surface area contributed by atoms with Crippen LogP contribution in [0.15, 0.2) is 11.3 Å². The number of nitriles is 1. The molecule has 0 aromatic rings. The summed E-state index contributed by atoms with van der Waals surface area (Å²) < 4.78 is 10.3. The van der Waals surface area contributed by atoms with Gasteiger partial charge in [-0.15, -0.1) is 0 Å². The SMILES string of the molecule is CCCCCCCCN/C(CCCC)=C(/C#N)C(=O)OCCOCC. The van der Waals surface area contributed by atoms with Gasteiger partial charge >= 0.3 is 5.97 Å². The minimum absolute atomic E-state index is 0.107. The maximum Gasteiger partial charge on any atom is 0.350 e. The first-order valence-electron chi connectivity index (χ1n) is 9.83. The van der Waals surface area contributed by atoms with E-state index in [0.29, 0.717) is 19.6 Å². The molecule has 144 valence electrons. The third kappa shape index (κ3) is 12.5. The van der Waals surface area contributed by atoms with Gasteiger partial charge in [0, 0.05) is 18.8 Å². The van der Waals surface area contributed by atoms with Crippen molar-refractivity contribution in [3.8, 4) is 6.07 Å². The van der Waals surface area contributed by atoms with Crippen LogP contribution in [0.25, 0.3) is 0 Å². The molecular weight excluding hydrogens is 316 g/mol. The third-order valence-corrected chi connectivity index (χ3v) is 3.93. The predicted molar refractivity (Wildman–Crippen MR) is 101 cm³/mol. The highest BCUT2D eigenvalue weighted by atomic mass is 16.6. The molecule has 0 aliphatic heterocycles. The first kappa shape index (κ1) is 23.5. The number of hydrogen-bond acceptors (Lipinski definition) is 5. The summed E-state index contributed by atoms with van der Waals surface area (Å²) in [6, 6.07) is 2.02. The first-order valence-corrected chi connectivity index (χ1v) is 9.83. The van der Waals surface area contributed by atoms with Crippen molar-refractivity contribution in [2.45, 2.75) is 78.6 Å². The van der Waals surface area contributed by atoms with Gasteiger partial charge in [0.05, 0.1) is 6.61 Å². The van der Waals surface area contributed by atoms with Gasteiger partial charge in [-0.25, -0.2) is 4.79 Å². The molecule has 0 bridgehead atoms. The molecule has 0 fully saturated rings. The molecule has 0 spiro atoms. The molecule has 0 amide bonds. The van der Waals surface area contributed by atoms with Crippen LogP contribution in [0, 0.1) is 11.3 Å². The average Bonchev–Trinajstić information content (AvgIpc) is 2.62. The second kappa shape index (κ2) is 17.3. The lowest BCUT2D eigenvalue weighted by Crippen LogP contribution is -2.21. The van der Waals surface area contributed by atoms with Gasteiger partial charge in [0.25, 0.3) is 0 Å². The second-order valence-corrected chi connectivity index (χ2v) is 6.10. The lowest BCUT2D eigenvalue weighted by atomic mass is 10.1. The molecule has 0 saturated heterocycles. The van der Waals surface area contributed by atoms with Crippen molar-refractivity contribution < 1.29 is 14.3 Å². The standard InChI is InChI=1S/C20H36N2O3/c1-4-7-9-10-11-12-14-22-19(13-8-5-2)18(17-21)20(23)25-16-15-24-6-3/h22H,4-16H2,1-3H3/b19-18-. The van der Waals surface area contributed by atoms with Gasteiger partial charge in [-0.05, 0) is 26.2 Å². The number of nitrogens with one attached hydrogen (secondary N) is 1. The average molecular weight is 353 g/mol. The maximum absolute atomic E-state index is 12.2. The van der Waals surface area contributed by atoms with Crippen molar-refractivity contribution in [3.63, 3.8) is 0 Å². The Morgan fingerprint density at radius 2 is 1.64 bits per heavy atom. The van der Waals surface area contributed by atoms with Crippen molar-refractivity contribution in [1.29, 1.82) is 5.26 Å². The van der Waals surface area contributed by atoms with Crippen LogP contribution < -0.4 is 5.32 Å². The summed E-state index contributed by atoms with van der Waals surface area (Å²) in [4.78, 5) is 12.2. The molecule has 0 radical (unpaired) electrons. The molecule has 25 heavy (non-hydrogen) atoms. The number of nitrogens with zero attached hydrogens (tertiary/aromatic N) is 1. The van der Waals surface area contributed by atoms with Gasteiger partial charge in [0.2, 0.25) is 0 Å². The van der Waals surface area contributed by atoms with E-state index >= 15 is 0 Å². The van der Waals surface area contributed by atoms with Crippen molar-refractivity contribution in [2.75, 3.05) is 26.4 Å². The molecule has 0 atom stereocenters. The Balaban J connectivity index is 4.50. The largest absolute Gasteiger partial charge is 0.459 e. The fourth-order valence-electron chi connectivity index (χ4n) is 2.45. The minimum atomic E-state index is -0.552. The Kier molecular flexibility index (Phi) is 16.2. The van der Waals surface area contributed by atoms with E-state index in [-0.39, 0.29) is 12.2 Å². The predicted octanol–water partition coefficient (Wildman–Crippen LogP) is 4.48. The molecule has 1 N–H and O–H groups in total. The first-order chi connectivity index (χ1) is 12.2. The molecular formula is C20H36N2O3. The Hall–Kier alpha value is -1.54. The van der Waals surface area contributed by atoms with Gasteiger partial charge in [-0.1, -0.05) is 52.4 Å². The molecule has 0 unspecified atom stereocenters. The van der Waals surface area contributed by atoms with Crippen molar-refractivity contribution in [2.24, 2.45) is 0 Å². The van der Waals surface area contributed by atoms with E-state index in [4.69, 9.17) is 9.47 Å². The number of hydrogen-bond donors (Lipinski definition) is 1. The second-order valence-electron chi connectivity index (χ2n) is 6.10. The van der Waals surface area contributed by atoms with Gasteiger partial charge in [-0.2, -0.15) is 5.26 Å². The van der Waals surface area contributed by atoms with Gasteiger partial charge in [0.1, 0.15) is 12.7 Å². The summed E-state index contributed by atoms with van der Waals surface area (Å²) in [6.07, 6.45) is 9.96. The van der Waals surface area contributed by atoms with Crippen LogP contribution >= 0.6 is 0 Å². The van der Waals surface area contributed by atoms with Gasteiger partial charge < -0.3 is 14.8 Å². The van der Waals surface area contributed by atoms with E-state index in [9.17, 15) is 10.1 Å². The van der Waals surface area contributed by atoms with Crippen molar-refractivity contribution >= 4 is 5.97 Å². The number of carbonyl (C=O) groups is 1. The number of allylic oxidation sites excluding steroid dienone is 1. The zero-order chi connectivity index (χ0) is 18.8. The fourth-order valence-corrected chi connectivity index (χ4v) is 2.45. The maximum atomic E-state index is 12.2. The van der Waals surface area contributed by atoms with Crippen LogP contribution in [0.2, 0.25) is 0 Å². The highest BCUT2D eigenvalue weighted by molar-refractivity contribution is 5.93. The minimum Gasteiger partial charge on any atom is -0.459 e.